The van der Waals surface area contributed by atoms with Crippen LogP contribution in [0.5, 0.6) is 5.75 Å². The number of hydrogen-bond acceptors (Lipinski definition) is 2. The van der Waals surface area contributed by atoms with Gasteiger partial charge in [-0.15, -0.1) is 0 Å². The molecule has 70 valence electrons. The van der Waals surface area contributed by atoms with E-state index < -0.39 is 23.3 Å². The van der Waals surface area contributed by atoms with Crippen molar-refractivity contribution in [3.05, 3.63) is 23.8 Å². The summed E-state index contributed by atoms with van der Waals surface area (Å²) in [5, 5.41) is 1.15. The number of hydrogen-bond donors (Lipinski definition) is 0. The van der Waals surface area contributed by atoms with Gasteiger partial charge in [0.15, 0.2) is 0 Å². The van der Waals surface area contributed by atoms with Crippen LogP contribution in [-0.2, 0) is 23.3 Å². The van der Waals surface area contributed by atoms with Crippen LogP contribution in [0, 0.1) is 6.92 Å². The number of rotatable bonds is 2. The van der Waals surface area contributed by atoms with Gasteiger partial charge < -0.3 is 0 Å². The van der Waals surface area contributed by atoms with E-state index in [2.05, 4.69) is 6.92 Å². The zero-order valence-corrected chi connectivity index (χ0v) is 14.4. The molecule has 1 aromatic carbocycles. The van der Waals surface area contributed by atoms with Gasteiger partial charge in [0.25, 0.3) is 0 Å². The molecule has 0 unspecified atom stereocenters. The van der Waals surface area contributed by atoms with E-state index in [4.69, 9.17) is 17.4 Å². The molecule has 0 radical (unpaired) electrons. The molecule has 0 spiro atoms. The Balaban J connectivity index is 2.66. The average Bonchev–Trinajstić information content (AvgIpc) is 2.55. The molecule has 2 rings (SSSR count). The fourth-order valence-corrected chi connectivity index (χ4v) is 6.08. The van der Waals surface area contributed by atoms with E-state index in [0.29, 0.717) is 0 Å². The van der Waals surface area contributed by atoms with Crippen molar-refractivity contribution in [2.24, 2.45) is 0 Å². The molecule has 4 heteroatoms. The number of aryl methyl sites for hydroxylation is 1. The van der Waals surface area contributed by atoms with Crippen LogP contribution < -0.4 is 8.01 Å². The third kappa shape index (κ3) is 1.65. The average molecular weight is 397 g/mol. The summed E-state index contributed by atoms with van der Waals surface area (Å²) in [7, 11) is 7.63. The van der Waals surface area contributed by atoms with Crippen LogP contribution in [-0.4, -0.2) is 7.11 Å². The van der Waals surface area contributed by atoms with Crippen LogP contribution in [0.3, 0.4) is 0 Å². The Morgan fingerprint density at radius 3 is 2.86 bits per heavy atom. The maximum atomic E-state index is 5.97. The molecule has 2 aromatic rings. The van der Waals surface area contributed by atoms with Gasteiger partial charge in [-0.3, -0.25) is 0 Å². The van der Waals surface area contributed by atoms with Crippen molar-refractivity contribution in [2.45, 2.75) is 6.92 Å². The zero-order chi connectivity index (χ0) is 10.1. The van der Waals surface area contributed by atoms with Crippen molar-refractivity contribution in [1.82, 2.24) is 0 Å². The van der Waals surface area contributed by atoms with Gasteiger partial charge in [0.1, 0.15) is 0 Å². The topological polar surface area (TPSA) is 22.4 Å². The minimum absolute atomic E-state index is 0.823. The van der Waals surface area contributed by atoms with Gasteiger partial charge in [-0.2, -0.15) is 0 Å². The monoisotopic (exact) mass is 398 g/mol. The van der Waals surface area contributed by atoms with Crippen molar-refractivity contribution in [3.63, 3.8) is 0 Å². The SMILES string of the molecule is COc1ccc2c(C)[c]([Hg][Cl])oc2c1. The molecule has 0 aliphatic rings. The fraction of sp³-hybridized carbons (Fsp3) is 0.200. The number of halogens is 1. The first kappa shape index (κ1) is 10.3. The Bertz CT molecular complexity index is 464. The second kappa shape index (κ2) is 4.11. The number of benzene rings is 1. The molecule has 0 atom stereocenters. The number of methoxy groups -OCH3 is 1. The van der Waals surface area contributed by atoms with E-state index >= 15 is 0 Å². The Kier molecular flexibility index (Phi) is 3.03. The molecule has 0 saturated carbocycles. The molecule has 14 heavy (non-hydrogen) atoms. The van der Waals surface area contributed by atoms with Crippen LogP contribution in [0.2, 0.25) is 0 Å². The Morgan fingerprint density at radius 1 is 1.43 bits per heavy atom. The summed E-state index contributed by atoms with van der Waals surface area (Å²) in [4.78, 5) is 0. The maximum absolute atomic E-state index is 5.97. The number of furan rings is 1. The van der Waals surface area contributed by atoms with E-state index in [9.17, 15) is 0 Å². The molecule has 0 bridgehead atoms. The standard InChI is InChI=1S/C10H9O2.ClH.Hg/c1-7-6-12-10-5-8(11-2)3-4-9(7)10;;/h3-5H,1-2H3;1H;/q;;+1/p-1. The molecule has 2 nitrogen and oxygen atoms in total. The second-order valence-electron chi connectivity index (χ2n) is 3.15. The molecule has 0 saturated heterocycles. The van der Waals surface area contributed by atoms with Crippen molar-refractivity contribution in [3.8, 4) is 5.75 Å². The van der Waals surface area contributed by atoms with E-state index in [1.807, 2.05) is 18.2 Å². The first-order valence-corrected chi connectivity index (χ1v) is 13.9. The van der Waals surface area contributed by atoms with Crippen LogP contribution >= 0.6 is 8.25 Å². The van der Waals surface area contributed by atoms with Crippen molar-refractivity contribution in [2.75, 3.05) is 7.11 Å². The van der Waals surface area contributed by atoms with Gasteiger partial charge in [-0.25, -0.2) is 0 Å². The van der Waals surface area contributed by atoms with Gasteiger partial charge in [0, 0.05) is 0 Å². The van der Waals surface area contributed by atoms with Crippen molar-refractivity contribution in [1.29, 1.82) is 0 Å². The summed E-state index contributed by atoms with van der Waals surface area (Å²) in [6.07, 6.45) is 0. The van der Waals surface area contributed by atoms with Crippen LogP contribution in [0.4, 0.5) is 0 Å². The summed E-state index contributed by atoms with van der Waals surface area (Å²) >= 11 is -1.44. The molecule has 0 N–H and O–H groups in total. The predicted octanol–water partition coefficient (Wildman–Crippen LogP) is 2.61. The first-order valence-electron chi connectivity index (χ1n) is 4.38. The second-order valence-corrected chi connectivity index (χ2v) is 9.03. The number of ether oxygens (including phenoxy) is 1. The molecular formula is C10H9ClHgO2. The van der Waals surface area contributed by atoms with Crippen LogP contribution in [0.25, 0.3) is 11.0 Å². The van der Waals surface area contributed by atoms with Crippen molar-refractivity contribution < 1.29 is 32.5 Å². The van der Waals surface area contributed by atoms with E-state index in [1.54, 1.807) is 7.11 Å². The van der Waals surface area contributed by atoms with E-state index in [0.717, 1.165) is 20.0 Å². The first-order chi connectivity index (χ1) is 6.76. The molecule has 0 fully saturated rings. The number of fused-ring (bicyclic) bond motifs is 1. The summed E-state index contributed by atoms with van der Waals surface area (Å²) in [6, 6.07) is 5.88. The predicted molar refractivity (Wildman–Crippen MR) is 53.0 cm³/mol. The fourth-order valence-electron chi connectivity index (χ4n) is 1.51. The van der Waals surface area contributed by atoms with Gasteiger partial charge in [-0.05, 0) is 0 Å². The Morgan fingerprint density at radius 2 is 2.21 bits per heavy atom. The van der Waals surface area contributed by atoms with Gasteiger partial charge >= 0.3 is 98.5 Å². The molecule has 1 heterocycles. The zero-order valence-electron chi connectivity index (χ0n) is 8.13. The third-order valence-corrected chi connectivity index (χ3v) is 8.06. The van der Waals surface area contributed by atoms with Gasteiger partial charge in [0.2, 0.25) is 0 Å². The quantitative estimate of drug-likeness (QED) is 0.728. The van der Waals surface area contributed by atoms with Crippen LogP contribution in [0.15, 0.2) is 22.6 Å². The normalized spacial score (nSPS) is 10.2. The van der Waals surface area contributed by atoms with Crippen LogP contribution in [0.1, 0.15) is 5.56 Å². The van der Waals surface area contributed by atoms with E-state index in [1.165, 1.54) is 5.56 Å². The summed E-state index contributed by atoms with van der Waals surface area (Å²) in [6.45, 7) is 2.07. The van der Waals surface area contributed by atoms with Crippen molar-refractivity contribution >= 4 is 22.5 Å². The van der Waals surface area contributed by atoms with Gasteiger partial charge in [-0.1, -0.05) is 0 Å². The summed E-state index contributed by atoms with van der Waals surface area (Å²) < 4.78 is 11.9. The summed E-state index contributed by atoms with van der Waals surface area (Å²) in [5.74, 6) is 0.823. The molecular weight excluding hydrogens is 388 g/mol. The molecule has 1 aromatic heterocycles. The third-order valence-electron chi connectivity index (χ3n) is 2.37. The molecule has 0 amide bonds. The molecule has 0 aliphatic heterocycles. The Hall–Kier alpha value is -0.215. The summed E-state index contributed by atoms with van der Waals surface area (Å²) in [5.41, 5.74) is 2.09. The van der Waals surface area contributed by atoms with Gasteiger partial charge in [0.05, 0.1) is 0 Å². The minimum atomic E-state index is -1.44. The Labute approximate surface area is 98.1 Å². The van der Waals surface area contributed by atoms with E-state index in [-0.39, 0.29) is 0 Å². The molecule has 0 aliphatic carbocycles.